The van der Waals surface area contributed by atoms with Gasteiger partial charge in [-0.2, -0.15) is 5.26 Å². The number of nitriles is 1. The molecule has 0 aliphatic carbocycles. The molecule has 2 aliphatic rings. The van der Waals surface area contributed by atoms with Crippen LogP contribution in [-0.4, -0.2) is 46.7 Å². The molecule has 2 fully saturated rings. The Morgan fingerprint density at radius 3 is 2.57 bits per heavy atom. The quantitative estimate of drug-likeness (QED) is 0.822. The van der Waals surface area contributed by atoms with Crippen LogP contribution in [-0.2, 0) is 11.2 Å². The minimum absolute atomic E-state index is 0.0900. The van der Waals surface area contributed by atoms with E-state index in [4.69, 9.17) is 5.26 Å². The van der Waals surface area contributed by atoms with Gasteiger partial charge in [0.05, 0.1) is 12.5 Å². The highest BCUT2D eigenvalue weighted by atomic mass is 16.2. The van der Waals surface area contributed by atoms with Crippen LogP contribution in [0.3, 0.4) is 0 Å². The summed E-state index contributed by atoms with van der Waals surface area (Å²) >= 11 is 0. The summed E-state index contributed by atoms with van der Waals surface area (Å²) in [6, 6.07) is 14.1. The Labute approximate surface area is 165 Å². The van der Waals surface area contributed by atoms with Crippen molar-refractivity contribution < 1.29 is 4.79 Å². The maximum absolute atomic E-state index is 12.9. The van der Waals surface area contributed by atoms with E-state index < -0.39 is 0 Å². The average Bonchev–Trinajstić information content (AvgIpc) is 2.94. The van der Waals surface area contributed by atoms with Crippen molar-refractivity contribution in [2.24, 2.45) is 5.41 Å². The smallest absolute Gasteiger partial charge is 0.227 e. The molecule has 0 unspecified atom stereocenters. The molecule has 1 aromatic heterocycles. The van der Waals surface area contributed by atoms with Crippen LogP contribution in [0, 0.1) is 16.7 Å². The number of anilines is 1. The standard InChI is InChI=1S/C22H25N5O/c1-15(2)17-6-4-16(5-7-17)10-21(28)27-14-22(3)13-26(12-19(22)27)20-9-8-18(11-23)24-25-20/h4-9,15,19H,10,12-14H2,1-3H3/t19-,22+/m1/s1. The van der Waals surface area contributed by atoms with Gasteiger partial charge in [-0.1, -0.05) is 45.0 Å². The van der Waals surface area contributed by atoms with Gasteiger partial charge in [-0.3, -0.25) is 4.79 Å². The molecule has 2 aromatic rings. The van der Waals surface area contributed by atoms with Crippen molar-refractivity contribution >= 4 is 11.7 Å². The van der Waals surface area contributed by atoms with Crippen molar-refractivity contribution in [3.63, 3.8) is 0 Å². The van der Waals surface area contributed by atoms with E-state index in [1.165, 1.54) is 5.56 Å². The first-order valence-electron chi connectivity index (χ1n) is 9.77. The van der Waals surface area contributed by atoms with Crippen molar-refractivity contribution in [1.82, 2.24) is 15.1 Å². The molecule has 3 heterocycles. The van der Waals surface area contributed by atoms with Gasteiger partial charge in [-0.25, -0.2) is 0 Å². The number of benzene rings is 1. The molecular formula is C22H25N5O. The first kappa shape index (κ1) is 18.4. The zero-order valence-electron chi connectivity index (χ0n) is 16.6. The Morgan fingerprint density at radius 1 is 1.21 bits per heavy atom. The Morgan fingerprint density at radius 2 is 1.96 bits per heavy atom. The minimum Gasteiger partial charge on any atom is -0.352 e. The van der Waals surface area contributed by atoms with Gasteiger partial charge in [-0.15, -0.1) is 10.2 Å². The molecule has 0 saturated carbocycles. The van der Waals surface area contributed by atoms with Crippen LogP contribution < -0.4 is 4.90 Å². The molecule has 0 radical (unpaired) electrons. The first-order valence-corrected chi connectivity index (χ1v) is 9.77. The Bertz CT molecular complexity index is 915. The third-order valence-corrected chi connectivity index (χ3v) is 6.07. The van der Waals surface area contributed by atoms with E-state index in [0.29, 0.717) is 18.0 Å². The van der Waals surface area contributed by atoms with Crippen molar-refractivity contribution in [1.29, 1.82) is 5.26 Å². The van der Waals surface area contributed by atoms with Gasteiger partial charge in [-0.05, 0) is 29.2 Å². The molecule has 144 valence electrons. The predicted molar refractivity (Wildman–Crippen MR) is 107 cm³/mol. The van der Waals surface area contributed by atoms with E-state index in [1.54, 1.807) is 6.07 Å². The van der Waals surface area contributed by atoms with E-state index in [9.17, 15) is 4.79 Å². The van der Waals surface area contributed by atoms with Crippen LogP contribution in [0.5, 0.6) is 0 Å². The lowest BCUT2D eigenvalue weighted by Gasteiger charge is -2.51. The van der Waals surface area contributed by atoms with E-state index in [0.717, 1.165) is 31.0 Å². The third-order valence-electron chi connectivity index (χ3n) is 6.07. The van der Waals surface area contributed by atoms with Gasteiger partial charge in [0.15, 0.2) is 11.5 Å². The summed E-state index contributed by atoms with van der Waals surface area (Å²) in [5.74, 6) is 1.45. The summed E-state index contributed by atoms with van der Waals surface area (Å²) in [5, 5.41) is 17.0. The summed E-state index contributed by atoms with van der Waals surface area (Å²) in [6.45, 7) is 8.97. The second-order valence-corrected chi connectivity index (χ2v) is 8.53. The average molecular weight is 375 g/mol. The largest absolute Gasteiger partial charge is 0.352 e. The predicted octanol–water partition coefficient (Wildman–Crippen LogP) is 2.75. The van der Waals surface area contributed by atoms with Crippen molar-refractivity contribution in [2.75, 3.05) is 24.5 Å². The monoisotopic (exact) mass is 375 g/mol. The fourth-order valence-electron chi connectivity index (χ4n) is 4.34. The number of carbonyl (C=O) groups excluding carboxylic acids is 1. The van der Waals surface area contributed by atoms with E-state index in [1.807, 2.05) is 17.0 Å². The summed E-state index contributed by atoms with van der Waals surface area (Å²) in [5.41, 5.74) is 2.77. The normalized spacial score (nSPS) is 23.3. The van der Waals surface area contributed by atoms with Gasteiger partial charge < -0.3 is 9.80 Å². The molecule has 0 N–H and O–H groups in total. The van der Waals surface area contributed by atoms with Crippen LogP contribution in [0.2, 0.25) is 0 Å². The summed E-state index contributed by atoms with van der Waals surface area (Å²) in [4.78, 5) is 17.0. The summed E-state index contributed by atoms with van der Waals surface area (Å²) in [6.07, 6.45) is 0.446. The van der Waals surface area contributed by atoms with Gasteiger partial charge >= 0.3 is 0 Å². The molecule has 28 heavy (non-hydrogen) atoms. The van der Waals surface area contributed by atoms with Crippen molar-refractivity contribution in [2.45, 2.75) is 39.2 Å². The van der Waals surface area contributed by atoms with Crippen LogP contribution >= 0.6 is 0 Å². The number of nitrogens with zero attached hydrogens (tertiary/aromatic N) is 5. The second-order valence-electron chi connectivity index (χ2n) is 8.53. The number of hydrogen-bond donors (Lipinski definition) is 0. The molecule has 0 spiro atoms. The maximum atomic E-state index is 12.9. The summed E-state index contributed by atoms with van der Waals surface area (Å²) in [7, 11) is 0. The Kier molecular flexibility index (Phi) is 4.54. The number of amides is 1. The second kappa shape index (κ2) is 6.90. The molecule has 1 amide bonds. The van der Waals surface area contributed by atoms with Crippen LogP contribution in [0.25, 0.3) is 0 Å². The number of hydrogen-bond acceptors (Lipinski definition) is 5. The topological polar surface area (TPSA) is 73.1 Å². The SMILES string of the molecule is CC(C)c1ccc(CC(=O)N2C[C@]3(C)CN(c4ccc(C#N)nn4)C[C@@H]23)cc1. The highest BCUT2D eigenvalue weighted by Gasteiger charge is 2.56. The van der Waals surface area contributed by atoms with Crippen LogP contribution in [0.1, 0.15) is 43.5 Å². The van der Waals surface area contributed by atoms with Crippen LogP contribution in [0.4, 0.5) is 5.82 Å². The molecule has 6 heteroatoms. The van der Waals surface area contributed by atoms with Crippen molar-refractivity contribution in [3.05, 3.63) is 53.2 Å². The van der Waals surface area contributed by atoms with Gasteiger partial charge in [0.2, 0.25) is 5.91 Å². The molecule has 6 nitrogen and oxygen atoms in total. The number of aromatic nitrogens is 2. The fourth-order valence-corrected chi connectivity index (χ4v) is 4.34. The van der Waals surface area contributed by atoms with E-state index in [-0.39, 0.29) is 17.4 Å². The molecular weight excluding hydrogens is 350 g/mol. The highest BCUT2D eigenvalue weighted by Crippen LogP contribution is 2.44. The van der Waals surface area contributed by atoms with Crippen LogP contribution in [0.15, 0.2) is 36.4 Å². The maximum Gasteiger partial charge on any atom is 0.227 e. The number of rotatable bonds is 4. The van der Waals surface area contributed by atoms with Crippen molar-refractivity contribution in [3.8, 4) is 6.07 Å². The molecule has 2 aliphatic heterocycles. The zero-order chi connectivity index (χ0) is 19.9. The Hall–Kier alpha value is -2.94. The number of carbonyl (C=O) groups is 1. The van der Waals surface area contributed by atoms with Gasteiger partial charge in [0, 0.05) is 25.0 Å². The minimum atomic E-state index is 0.0900. The lowest BCUT2D eigenvalue weighted by atomic mass is 9.75. The number of likely N-dealkylation sites (tertiary alicyclic amines) is 1. The lowest BCUT2D eigenvalue weighted by Crippen LogP contribution is -2.64. The van der Waals surface area contributed by atoms with E-state index in [2.05, 4.69) is 60.1 Å². The van der Waals surface area contributed by atoms with Gasteiger partial charge in [0.1, 0.15) is 6.07 Å². The van der Waals surface area contributed by atoms with E-state index >= 15 is 0 Å². The molecule has 2 atom stereocenters. The molecule has 4 rings (SSSR count). The highest BCUT2D eigenvalue weighted by molar-refractivity contribution is 5.80. The molecule has 2 saturated heterocycles. The molecule has 1 aromatic carbocycles. The Balaban J connectivity index is 1.41. The van der Waals surface area contributed by atoms with Gasteiger partial charge in [0.25, 0.3) is 0 Å². The lowest BCUT2D eigenvalue weighted by molar-refractivity contribution is -0.146. The fraction of sp³-hybridized carbons (Fsp3) is 0.455. The zero-order valence-corrected chi connectivity index (χ0v) is 16.6. The number of fused-ring (bicyclic) bond motifs is 1. The molecule has 0 bridgehead atoms. The third kappa shape index (κ3) is 3.22. The first-order chi connectivity index (χ1) is 13.4. The summed E-state index contributed by atoms with van der Waals surface area (Å²) < 4.78 is 0.